The van der Waals surface area contributed by atoms with Gasteiger partial charge >= 0.3 is 0 Å². The maximum absolute atomic E-state index is 12.7. The Morgan fingerprint density at radius 3 is 2.25 bits per heavy atom. The molecule has 0 bridgehead atoms. The van der Waals surface area contributed by atoms with E-state index in [-0.39, 0.29) is 5.91 Å². The second-order valence-electron chi connectivity index (χ2n) is 6.49. The van der Waals surface area contributed by atoms with E-state index in [2.05, 4.69) is 34.7 Å². The zero-order chi connectivity index (χ0) is 20.1. The van der Waals surface area contributed by atoms with Gasteiger partial charge in [0, 0.05) is 37.5 Å². The van der Waals surface area contributed by atoms with Crippen LogP contribution in [0.1, 0.15) is 15.9 Å². The molecule has 0 atom stereocenters. The van der Waals surface area contributed by atoms with Crippen molar-refractivity contribution in [1.82, 2.24) is 9.78 Å². The summed E-state index contributed by atoms with van der Waals surface area (Å²) in [6.07, 6.45) is 1.66. The van der Waals surface area contributed by atoms with Crippen molar-refractivity contribution in [3.8, 4) is 11.5 Å². The Balaban J connectivity index is 1.76. The quantitative estimate of drug-likeness (QED) is 0.681. The number of aromatic nitrogens is 2. The third kappa shape index (κ3) is 4.43. The fraction of sp³-hybridized carbons (Fsp3) is 0.238. The van der Waals surface area contributed by atoms with E-state index in [0.717, 1.165) is 11.3 Å². The molecule has 0 aliphatic carbocycles. The predicted molar refractivity (Wildman–Crippen MR) is 110 cm³/mol. The van der Waals surface area contributed by atoms with E-state index in [4.69, 9.17) is 9.47 Å². The summed E-state index contributed by atoms with van der Waals surface area (Å²) in [6, 6.07) is 15.0. The lowest BCUT2D eigenvalue weighted by atomic mass is 10.2. The highest BCUT2D eigenvalue weighted by molar-refractivity contribution is 6.04. The van der Waals surface area contributed by atoms with Crippen LogP contribution in [0.15, 0.2) is 54.7 Å². The molecule has 1 aromatic heterocycles. The summed E-state index contributed by atoms with van der Waals surface area (Å²) in [5.41, 5.74) is 2.66. The normalized spacial score (nSPS) is 10.4. The standard InChI is InChI=1S/C21H24N4O3/c1-24(2)17-7-5-15(6-8-17)14-25-20(9-10-22-25)23-21(26)16-11-18(27-3)13-19(12-16)28-4/h5-13H,14H2,1-4H3,(H,23,26). The molecule has 28 heavy (non-hydrogen) atoms. The van der Waals surface area contributed by atoms with E-state index in [1.165, 1.54) is 0 Å². The zero-order valence-corrected chi connectivity index (χ0v) is 16.5. The fourth-order valence-electron chi connectivity index (χ4n) is 2.76. The van der Waals surface area contributed by atoms with E-state index in [1.54, 1.807) is 49.4 Å². The van der Waals surface area contributed by atoms with Crippen LogP contribution in [0.5, 0.6) is 11.5 Å². The molecule has 0 saturated carbocycles. The Labute approximate surface area is 164 Å². The van der Waals surface area contributed by atoms with Crippen LogP contribution in [0.2, 0.25) is 0 Å². The van der Waals surface area contributed by atoms with Gasteiger partial charge in [0.2, 0.25) is 0 Å². The molecule has 0 unspecified atom stereocenters. The first-order valence-electron chi connectivity index (χ1n) is 8.82. The monoisotopic (exact) mass is 380 g/mol. The smallest absolute Gasteiger partial charge is 0.257 e. The minimum atomic E-state index is -0.262. The van der Waals surface area contributed by atoms with E-state index in [0.29, 0.717) is 29.4 Å². The van der Waals surface area contributed by atoms with Gasteiger partial charge < -0.3 is 19.7 Å². The van der Waals surface area contributed by atoms with E-state index in [9.17, 15) is 4.79 Å². The number of hydrogen-bond donors (Lipinski definition) is 1. The minimum absolute atomic E-state index is 0.262. The molecular weight excluding hydrogens is 356 g/mol. The lowest BCUT2D eigenvalue weighted by Crippen LogP contribution is -2.16. The first-order valence-corrected chi connectivity index (χ1v) is 8.82. The molecule has 3 rings (SSSR count). The number of rotatable bonds is 7. The maximum atomic E-state index is 12.7. The Morgan fingerprint density at radius 2 is 1.68 bits per heavy atom. The molecule has 146 valence electrons. The van der Waals surface area contributed by atoms with Gasteiger partial charge in [-0.25, -0.2) is 4.68 Å². The van der Waals surface area contributed by atoms with Gasteiger partial charge in [0.15, 0.2) is 0 Å². The van der Waals surface area contributed by atoms with Gasteiger partial charge in [-0.1, -0.05) is 12.1 Å². The molecule has 1 N–H and O–H groups in total. The topological polar surface area (TPSA) is 68.6 Å². The number of benzene rings is 2. The number of ether oxygens (including phenoxy) is 2. The van der Waals surface area contributed by atoms with Crippen LogP contribution in [-0.4, -0.2) is 44.0 Å². The second-order valence-corrected chi connectivity index (χ2v) is 6.49. The van der Waals surface area contributed by atoms with Gasteiger partial charge in [0.25, 0.3) is 5.91 Å². The average Bonchev–Trinajstić information content (AvgIpc) is 3.14. The lowest BCUT2D eigenvalue weighted by Gasteiger charge is -2.14. The predicted octanol–water partition coefficient (Wildman–Crippen LogP) is 3.27. The van der Waals surface area contributed by atoms with Crippen molar-refractivity contribution in [3.63, 3.8) is 0 Å². The summed E-state index contributed by atoms with van der Waals surface area (Å²) in [5.74, 6) is 1.46. The van der Waals surface area contributed by atoms with Gasteiger partial charge in [-0.2, -0.15) is 5.10 Å². The summed E-state index contributed by atoms with van der Waals surface area (Å²) < 4.78 is 12.2. The average molecular weight is 380 g/mol. The number of nitrogens with one attached hydrogen (secondary N) is 1. The highest BCUT2D eigenvalue weighted by Crippen LogP contribution is 2.23. The number of hydrogen-bond acceptors (Lipinski definition) is 5. The number of anilines is 2. The highest BCUT2D eigenvalue weighted by Gasteiger charge is 2.13. The van der Waals surface area contributed by atoms with Crippen molar-refractivity contribution < 1.29 is 14.3 Å². The molecule has 0 radical (unpaired) electrons. The summed E-state index contributed by atoms with van der Waals surface area (Å²) in [6.45, 7) is 0.553. The molecule has 0 aliphatic rings. The van der Waals surface area contributed by atoms with E-state index >= 15 is 0 Å². The number of nitrogens with zero attached hydrogens (tertiary/aromatic N) is 3. The molecule has 2 aromatic carbocycles. The largest absolute Gasteiger partial charge is 0.497 e. The number of amides is 1. The van der Waals surface area contributed by atoms with Crippen molar-refractivity contribution >= 4 is 17.4 Å². The lowest BCUT2D eigenvalue weighted by molar-refractivity contribution is 0.102. The molecule has 0 fully saturated rings. The highest BCUT2D eigenvalue weighted by atomic mass is 16.5. The third-order valence-electron chi connectivity index (χ3n) is 4.36. The van der Waals surface area contributed by atoms with Crippen molar-refractivity contribution in [2.45, 2.75) is 6.54 Å². The number of carbonyl (C=O) groups is 1. The van der Waals surface area contributed by atoms with Gasteiger partial charge in [0.05, 0.1) is 27.0 Å². The van der Waals surface area contributed by atoms with E-state index < -0.39 is 0 Å². The molecule has 1 amide bonds. The van der Waals surface area contributed by atoms with Gasteiger partial charge in [0.1, 0.15) is 17.3 Å². The third-order valence-corrected chi connectivity index (χ3v) is 4.36. The first kappa shape index (κ1) is 19.3. The van der Waals surface area contributed by atoms with Crippen LogP contribution in [-0.2, 0) is 6.54 Å². The summed E-state index contributed by atoms with van der Waals surface area (Å²) in [7, 11) is 7.10. The molecule has 3 aromatic rings. The molecule has 0 saturated heterocycles. The molecule has 7 nitrogen and oxygen atoms in total. The Hall–Kier alpha value is -3.48. The molecule has 0 aliphatic heterocycles. The summed E-state index contributed by atoms with van der Waals surface area (Å²) >= 11 is 0. The summed E-state index contributed by atoms with van der Waals surface area (Å²) in [5, 5.41) is 7.23. The second kappa shape index (κ2) is 8.47. The van der Waals surface area contributed by atoms with Crippen LogP contribution in [0.3, 0.4) is 0 Å². The molecule has 7 heteroatoms. The van der Waals surface area contributed by atoms with Gasteiger partial charge in [-0.05, 0) is 29.8 Å². The Kier molecular flexibility index (Phi) is 5.84. The zero-order valence-electron chi connectivity index (χ0n) is 16.5. The first-order chi connectivity index (χ1) is 13.5. The summed E-state index contributed by atoms with van der Waals surface area (Å²) in [4.78, 5) is 14.8. The van der Waals surface area contributed by atoms with Crippen molar-refractivity contribution in [3.05, 3.63) is 65.9 Å². The van der Waals surface area contributed by atoms with Crippen molar-refractivity contribution in [1.29, 1.82) is 0 Å². The van der Waals surface area contributed by atoms with Crippen LogP contribution in [0.4, 0.5) is 11.5 Å². The van der Waals surface area contributed by atoms with E-state index in [1.807, 2.05) is 19.0 Å². The van der Waals surface area contributed by atoms with Gasteiger partial charge in [-0.3, -0.25) is 4.79 Å². The van der Waals surface area contributed by atoms with Gasteiger partial charge in [-0.15, -0.1) is 0 Å². The van der Waals surface area contributed by atoms with Crippen molar-refractivity contribution in [2.75, 3.05) is 38.5 Å². The van der Waals surface area contributed by atoms with Crippen LogP contribution in [0.25, 0.3) is 0 Å². The Morgan fingerprint density at radius 1 is 1.04 bits per heavy atom. The number of carbonyl (C=O) groups excluding carboxylic acids is 1. The molecule has 0 spiro atoms. The SMILES string of the molecule is COc1cc(OC)cc(C(=O)Nc2ccnn2Cc2ccc(N(C)C)cc2)c1. The Bertz CT molecular complexity index is 926. The maximum Gasteiger partial charge on any atom is 0.257 e. The van der Waals surface area contributed by atoms with Crippen LogP contribution in [0, 0.1) is 0 Å². The van der Waals surface area contributed by atoms with Crippen LogP contribution < -0.4 is 19.7 Å². The fourth-order valence-corrected chi connectivity index (χ4v) is 2.76. The molecule has 1 heterocycles. The van der Waals surface area contributed by atoms with Crippen molar-refractivity contribution in [2.24, 2.45) is 0 Å². The van der Waals surface area contributed by atoms with Crippen LogP contribution >= 0.6 is 0 Å². The number of methoxy groups -OCH3 is 2. The molecular formula is C21H24N4O3. The minimum Gasteiger partial charge on any atom is -0.497 e.